The van der Waals surface area contributed by atoms with Crippen LogP contribution in [0.1, 0.15) is 11.1 Å². The van der Waals surface area contributed by atoms with Gasteiger partial charge in [0, 0.05) is 29.0 Å². The standard InChI is InChI=1S/C21H23N3O4S/c25-21(15-29-19-4-2-18(3-5-19)24(26)27)23-10-8-22(9-11-23)14-16-1-6-20-17(13-16)7-12-28-20/h1-6,13H,7-12,14-15H2/p+1. The zero-order valence-electron chi connectivity index (χ0n) is 16.1. The number of fused-ring (bicyclic) bond motifs is 1. The number of amides is 1. The number of nitrogens with one attached hydrogen (secondary N) is 1. The van der Waals surface area contributed by atoms with Gasteiger partial charge in [0.05, 0.1) is 43.5 Å². The smallest absolute Gasteiger partial charge is 0.269 e. The molecule has 8 heteroatoms. The van der Waals surface area contributed by atoms with Gasteiger partial charge >= 0.3 is 0 Å². The monoisotopic (exact) mass is 414 g/mol. The molecule has 0 spiro atoms. The van der Waals surface area contributed by atoms with Crippen molar-refractivity contribution in [1.82, 2.24) is 4.90 Å². The van der Waals surface area contributed by atoms with Crippen molar-refractivity contribution in [2.24, 2.45) is 0 Å². The molecule has 2 aliphatic rings. The Labute approximate surface area is 173 Å². The number of rotatable bonds is 6. The van der Waals surface area contributed by atoms with Crippen LogP contribution in [0.25, 0.3) is 0 Å². The quantitative estimate of drug-likeness (QED) is 0.441. The maximum Gasteiger partial charge on any atom is 0.269 e. The molecular weight excluding hydrogens is 390 g/mol. The first-order valence-electron chi connectivity index (χ1n) is 9.82. The van der Waals surface area contributed by atoms with Crippen LogP contribution in [-0.4, -0.2) is 54.3 Å². The number of nitro benzene ring substituents is 1. The Kier molecular flexibility index (Phi) is 6.01. The number of non-ortho nitro benzene ring substituents is 1. The van der Waals surface area contributed by atoms with Gasteiger partial charge in [-0.1, -0.05) is 0 Å². The molecule has 0 atom stereocenters. The van der Waals surface area contributed by atoms with Gasteiger partial charge in [0.25, 0.3) is 5.69 Å². The molecule has 1 amide bonds. The zero-order valence-corrected chi connectivity index (χ0v) is 17.0. The fourth-order valence-electron chi connectivity index (χ4n) is 3.79. The molecule has 1 saturated heterocycles. The van der Waals surface area contributed by atoms with Crippen LogP contribution in [0, 0.1) is 10.1 Å². The lowest BCUT2D eigenvalue weighted by molar-refractivity contribution is -0.917. The summed E-state index contributed by atoms with van der Waals surface area (Å²) in [5.74, 6) is 1.50. The van der Waals surface area contributed by atoms with Crippen molar-refractivity contribution in [3.05, 3.63) is 63.7 Å². The topological polar surface area (TPSA) is 77.1 Å². The minimum Gasteiger partial charge on any atom is -0.493 e. The highest BCUT2D eigenvalue weighted by Crippen LogP contribution is 2.25. The summed E-state index contributed by atoms with van der Waals surface area (Å²) in [7, 11) is 0. The lowest BCUT2D eigenvalue weighted by Gasteiger charge is -2.32. The van der Waals surface area contributed by atoms with Crippen molar-refractivity contribution in [2.75, 3.05) is 38.5 Å². The van der Waals surface area contributed by atoms with Crippen LogP contribution in [0.4, 0.5) is 5.69 Å². The molecule has 7 nitrogen and oxygen atoms in total. The van der Waals surface area contributed by atoms with Crippen molar-refractivity contribution in [2.45, 2.75) is 17.9 Å². The van der Waals surface area contributed by atoms with E-state index in [0.717, 1.165) is 56.4 Å². The van der Waals surface area contributed by atoms with Crippen LogP contribution in [0.2, 0.25) is 0 Å². The van der Waals surface area contributed by atoms with Crippen LogP contribution in [0.5, 0.6) is 5.75 Å². The molecule has 0 bridgehead atoms. The van der Waals surface area contributed by atoms with Gasteiger partial charge in [0.15, 0.2) is 0 Å². The number of hydrogen-bond donors (Lipinski definition) is 1. The van der Waals surface area contributed by atoms with E-state index in [2.05, 4.69) is 18.2 Å². The Bertz CT molecular complexity index is 895. The maximum absolute atomic E-state index is 12.5. The molecule has 2 aliphatic heterocycles. The average Bonchev–Trinajstić information content (AvgIpc) is 3.21. The summed E-state index contributed by atoms with van der Waals surface area (Å²) in [4.78, 5) is 27.1. The molecule has 4 rings (SSSR count). The van der Waals surface area contributed by atoms with Crippen LogP contribution in [-0.2, 0) is 17.8 Å². The highest BCUT2D eigenvalue weighted by Gasteiger charge is 2.24. The van der Waals surface area contributed by atoms with Crippen molar-refractivity contribution >= 4 is 23.4 Å². The average molecular weight is 415 g/mol. The number of ether oxygens (including phenoxy) is 1. The number of thioether (sulfide) groups is 1. The van der Waals surface area contributed by atoms with E-state index in [9.17, 15) is 14.9 Å². The highest BCUT2D eigenvalue weighted by molar-refractivity contribution is 8.00. The SMILES string of the molecule is O=C(CSc1ccc([N+](=O)[O-])cc1)N1CC[NH+](Cc2ccc3c(c2)CCO3)CC1. The van der Waals surface area contributed by atoms with E-state index in [-0.39, 0.29) is 11.6 Å². The molecule has 1 fully saturated rings. The summed E-state index contributed by atoms with van der Waals surface area (Å²) in [5, 5.41) is 10.7. The van der Waals surface area contributed by atoms with Gasteiger partial charge in [-0.3, -0.25) is 14.9 Å². The Morgan fingerprint density at radius 1 is 1.17 bits per heavy atom. The number of benzene rings is 2. The third kappa shape index (κ3) is 4.89. The van der Waals surface area contributed by atoms with Crippen LogP contribution in [0.15, 0.2) is 47.4 Å². The number of hydrogen-bond acceptors (Lipinski definition) is 5. The Morgan fingerprint density at radius 3 is 2.66 bits per heavy atom. The number of carbonyl (C=O) groups is 1. The lowest BCUT2D eigenvalue weighted by Crippen LogP contribution is -3.13. The zero-order chi connectivity index (χ0) is 20.2. The van der Waals surface area contributed by atoms with Crippen LogP contribution < -0.4 is 9.64 Å². The van der Waals surface area contributed by atoms with E-state index in [1.807, 2.05) is 4.90 Å². The largest absolute Gasteiger partial charge is 0.493 e. The minimum atomic E-state index is -0.419. The molecule has 29 heavy (non-hydrogen) atoms. The Hall–Kier alpha value is -2.58. The maximum atomic E-state index is 12.5. The van der Waals surface area contributed by atoms with E-state index in [1.54, 1.807) is 12.1 Å². The van der Waals surface area contributed by atoms with Gasteiger partial charge in [0.2, 0.25) is 5.91 Å². The third-order valence-electron chi connectivity index (χ3n) is 5.44. The van der Waals surface area contributed by atoms with Crippen LogP contribution >= 0.6 is 11.8 Å². The van der Waals surface area contributed by atoms with E-state index >= 15 is 0 Å². The first-order valence-corrected chi connectivity index (χ1v) is 10.8. The first kappa shape index (κ1) is 19.7. The number of quaternary nitrogens is 1. The molecule has 2 heterocycles. The summed E-state index contributed by atoms with van der Waals surface area (Å²) < 4.78 is 5.57. The predicted octanol–water partition coefficient (Wildman–Crippen LogP) is 1.55. The van der Waals surface area contributed by atoms with Gasteiger partial charge in [-0.15, -0.1) is 11.8 Å². The van der Waals surface area contributed by atoms with Gasteiger partial charge < -0.3 is 14.5 Å². The van der Waals surface area contributed by atoms with E-state index in [1.165, 1.54) is 39.9 Å². The van der Waals surface area contributed by atoms with Gasteiger partial charge in [-0.25, -0.2) is 0 Å². The molecule has 2 aromatic rings. The van der Waals surface area contributed by atoms with Gasteiger partial charge in [0.1, 0.15) is 12.3 Å². The second kappa shape index (κ2) is 8.84. The predicted molar refractivity (Wildman–Crippen MR) is 110 cm³/mol. The summed E-state index contributed by atoms with van der Waals surface area (Å²) in [6, 6.07) is 12.8. The third-order valence-corrected chi connectivity index (χ3v) is 6.44. The van der Waals surface area contributed by atoms with E-state index < -0.39 is 4.92 Å². The second-order valence-corrected chi connectivity index (χ2v) is 8.44. The van der Waals surface area contributed by atoms with Crippen molar-refractivity contribution < 1.29 is 19.4 Å². The van der Waals surface area contributed by atoms with Gasteiger partial charge in [-0.05, 0) is 35.9 Å². The van der Waals surface area contributed by atoms with Crippen molar-refractivity contribution in [3.63, 3.8) is 0 Å². The molecular formula is C21H24N3O4S+. The first-order chi connectivity index (χ1) is 14.1. The minimum absolute atomic E-state index is 0.0654. The van der Waals surface area contributed by atoms with E-state index in [0.29, 0.717) is 5.75 Å². The normalized spacial score (nSPS) is 16.3. The Morgan fingerprint density at radius 2 is 1.93 bits per heavy atom. The Balaban J connectivity index is 1.22. The summed E-state index contributed by atoms with van der Waals surface area (Å²) >= 11 is 1.42. The van der Waals surface area contributed by atoms with Gasteiger partial charge in [-0.2, -0.15) is 0 Å². The highest BCUT2D eigenvalue weighted by atomic mass is 32.2. The molecule has 152 valence electrons. The molecule has 0 unspecified atom stereocenters. The van der Waals surface area contributed by atoms with Crippen molar-refractivity contribution in [1.29, 1.82) is 0 Å². The molecule has 2 aromatic carbocycles. The fourth-order valence-corrected chi connectivity index (χ4v) is 4.59. The second-order valence-electron chi connectivity index (χ2n) is 7.39. The number of carbonyl (C=O) groups excluding carboxylic acids is 1. The fraction of sp³-hybridized carbons (Fsp3) is 0.381. The molecule has 0 radical (unpaired) electrons. The van der Waals surface area contributed by atoms with E-state index in [4.69, 9.17) is 4.74 Å². The number of nitrogens with zero attached hydrogens (tertiary/aromatic N) is 2. The van der Waals surface area contributed by atoms with Crippen LogP contribution in [0.3, 0.4) is 0 Å². The summed E-state index contributed by atoms with van der Waals surface area (Å²) in [6.07, 6.45) is 0.993. The summed E-state index contributed by atoms with van der Waals surface area (Å²) in [5.41, 5.74) is 2.70. The molecule has 1 N–H and O–H groups in total. The molecule has 0 aromatic heterocycles. The summed E-state index contributed by atoms with van der Waals surface area (Å²) in [6.45, 7) is 5.19. The number of piperazine rings is 1. The molecule has 0 aliphatic carbocycles. The lowest BCUT2D eigenvalue weighted by atomic mass is 10.1. The molecule has 0 saturated carbocycles. The number of nitro groups is 1. The van der Waals surface area contributed by atoms with Crippen molar-refractivity contribution in [3.8, 4) is 5.75 Å².